The van der Waals surface area contributed by atoms with Crippen LogP contribution in [-0.4, -0.2) is 38.5 Å². The van der Waals surface area contributed by atoms with Crippen LogP contribution in [0.2, 0.25) is 0 Å². The van der Waals surface area contributed by atoms with Crippen molar-refractivity contribution in [3.63, 3.8) is 0 Å². The minimum Gasteiger partial charge on any atom is -0.444 e. The Kier molecular flexibility index (Phi) is 5.86. The molecule has 0 unspecified atom stereocenters. The molecule has 1 heterocycles. The third kappa shape index (κ3) is 5.62. The van der Waals surface area contributed by atoms with Gasteiger partial charge in [0.05, 0.1) is 13.2 Å². The third-order valence-corrected chi connectivity index (χ3v) is 3.05. The fourth-order valence-electron chi connectivity index (χ4n) is 2.03. The Morgan fingerprint density at radius 3 is 2.58 bits per heavy atom. The molecule has 1 aromatic heterocycles. The number of rotatable bonds is 6. The highest BCUT2D eigenvalue weighted by Crippen LogP contribution is 2.13. The Hall–Kier alpha value is -2.48. The number of aromatic nitrogens is 4. The van der Waals surface area contributed by atoms with Crippen molar-refractivity contribution in [1.29, 1.82) is 0 Å². The molecule has 0 aliphatic carbocycles. The molecular formula is C16H23N5O3. The Morgan fingerprint density at radius 2 is 2.00 bits per heavy atom. The molecule has 8 heteroatoms. The van der Waals surface area contributed by atoms with E-state index in [4.69, 9.17) is 9.47 Å². The lowest BCUT2D eigenvalue weighted by Crippen LogP contribution is -2.37. The zero-order valence-electron chi connectivity index (χ0n) is 14.4. The molecule has 0 saturated carbocycles. The number of ether oxygens (including phenoxy) is 2. The quantitative estimate of drug-likeness (QED) is 0.869. The van der Waals surface area contributed by atoms with Crippen LogP contribution in [0.1, 0.15) is 38.2 Å². The minimum absolute atomic E-state index is 0.225. The van der Waals surface area contributed by atoms with E-state index in [0.717, 1.165) is 5.56 Å². The van der Waals surface area contributed by atoms with E-state index < -0.39 is 17.7 Å². The average Bonchev–Trinajstić information content (AvgIpc) is 2.91. The van der Waals surface area contributed by atoms with Gasteiger partial charge in [-0.3, -0.25) is 0 Å². The van der Waals surface area contributed by atoms with Crippen LogP contribution in [-0.2, 0) is 23.1 Å². The highest BCUT2D eigenvalue weighted by Gasteiger charge is 2.24. The molecule has 1 amide bonds. The van der Waals surface area contributed by atoms with Gasteiger partial charge in [-0.25, -0.2) is 9.48 Å². The van der Waals surface area contributed by atoms with Gasteiger partial charge in [0.1, 0.15) is 11.6 Å². The molecule has 8 nitrogen and oxygen atoms in total. The summed E-state index contributed by atoms with van der Waals surface area (Å²) in [4.78, 5) is 12.0. The first-order valence-corrected chi connectivity index (χ1v) is 7.68. The number of nitrogens with one attached hydrogen (secondary N) is 1. The van der Waals surface area contributed by atoms with Crippen LogP contribution >= 0.6 is 0 Å². The first-order chi connectivity index (χ1) is 11.3. The molecular weight excluding hydrogens is 310 g/mol. The minimum atomic E-state index is -0.586. The lowest BCUT2D eigenvalue weighted by Gasteiger charge is -2.23. The van der Waals surface area contributed by atoms with Crippen LogP contribution in [0.15, 0.2) is 30.3 Å². The van der Waals surface area contributed by atoms with Crippen molar-refractivity contribution in [3.05, 3.63) is 41.7 Å². The molecule has 1 aromatic carbocycles. The van der Waals surface area contributed by atoms with E-state index >= 15 is 0 Å². The zero-order chi connectivity index (χ0) is 17.6. The van der Waals surface area contributed by atoms with Gasteiger partial charge in [-0.05, 0) is 36.8 Å². The number of hydrogen-bond donors (Lipinski definition) is 1. The SMILES string of the molecule is Cn1nnnc1[C@H](COCc1ccccc1)NC(=O)OC(C)(C)C. The van der Waals surface area contributed by atoms with E-state index in [1.54, 1.807) is 27.8 Å². The first kappa shape index (κ1) is 17.9. The second-order valence-electron chi connectivity index (χ2n) is 6.36. The van der Waals surface area contributed by atoms with Gasteiger partial charge >= 0.3 is 6.09 Å². The normalized spacial score (nSPS) is 12.7. The van der Waals surface area contributed by atoms with E-state index in [2.05, 4.69) is 20.8 Å². The molecule has 0 fully saturated rings. The number of carbonyl (C=O) groups excluding carboxylic acids is 1. The molecule has 0 aliphatic rings. The second-order valence-corrected chi connectivity index (χ2v) is 6.36. The number of benzene rings is 1. The maximum atomic E-state index is 12.0. The predicted octanol–water partition coefficient (Wildman–Crippen LogP) is 1.99. The maximum Gasteiger partial charge on any atom is 0.408 e. The van der Waals surface area contributed by atoms with Crippen LogP contribution < -0.4 is 5.32 Å². The van der Waals surface area contributed by atoms with Gasteiger partial charge in [0.15, 0.2) is 5.82 Å². The van der Waals surface area contributed by atoms with Gasteiger partial charge in [0.2, 0.25) is 0 Å². The summed E-state index contributed by atoms with van der Waals surface area (Å²) in [5, 5.41) is 14.1. The first-order valence-electron chi connectivity index (χ1n) is 7.68. The molecule has 130 valence electrons. The van der Waals surface area contributed by atoms with Crippen LogP contribution in [0.4, 0.5) is 4.79 Å². The number of alkyl carbamates (subject to hydrolysis) is 1. The van der Waals surface area contributed by atoms with E-state index in [-0.39, 0.29) is 6.61 Å². The number of nitrogens with zero attached hydrogens (tertiary/aromatic N) is 4. The van der Waals surface area contributed by atoms with Gasteiger partial charge in [0, 0.05) is 7.05 Å². The lowest BCUT2D eigenvalue weighted by atomic mass is 10.2. The van der Waals surface area contributed by atoms with E-state index in [9.17, 15) is 4.79 Å². The smallest absolute Gasteiger partial charge is 0.408 e. The van der Waals surface area contributed by atoms with E-state index in [1.165, 1.54) is 4.68 Å². The molecule has 2 aromatic rings. The third-order valence-electron chi connectivity index (χ3n) is 3.05. The summed E-state index contributed by atoms with van der Waals surface area (Å²) in [7, 11) is 1.70. The summed E-state index contributed by atoms with van der Waals surface area (Å²) >= 11 is 0. The Bertz CT molecular complexity index is 651. The summed E-state index contributed by atoms with van der Waals surface area (Å²) in [6.07, 6.45) is -0.543. The van der Waals surface area contributed by atoms with Crippen LogP contribution in [0.3, 0.4) is 0 Å². The molecule has 0 saturated heterocycles. The van der Waals surface area contributed by atoms with Crippen molar-refractivity contribution in [2.24, 2.45) is 7.05 Å². The number of carbonyl (C=O) groups is 1. The zero-order valence-corrected chi connectivity index (χ0v) is 14.4. The Labute approximate surface area is 141 Å². The highest BCUT2D eigenvalue weighted by atomic mass is 16.6. The van der Waals surface area contributed by atoms with Crippen molar-refractivity contribution in [2.75, 3.05) is 6.61 Å². The van der Waals surface area contributed by atoms with Crippen molar-refractivity contribution in [2.45, 2.75) is 39.0 Å². The molecule has 1 N–H and O–H groups in total. The molecule has 1 atom stereocenters. The van der Waals surface area contributed by atoms with E-state index in [1.807, 2.05) is 30.3 Å². The summed E-state index contributed by atoms with van der Waals surface area (Å²) in [5.74, 6) is 0.494. The average molecular weight is 333 g/mol. The van der Waals surface area contributed by atoms with Crippen LogP contribution in [0.25, 0.3) is 0 Å². The van der Waals surface area contributed by atoms with Gasteiger partial charge in [-0.15, -0.1) is 5.10 Å². The van der Waals surface area contributed by atoms with Gasteiger partial charge in [-0.2, -0.15) is 0 Å². The van der Waals surface area contributed by atoms with Crippen molar-refractivity contribution in [1.82, 2.24) is 25.5 Å². The maximum absolute atomic E-state index is 12.0. The fraction of sp³-hybridized carbons (Fsp3) is 0.500. The van der Waals surface area contributed by atoms with Crippen molar-refractivity contribution < 1.29 is 14.3 Å². The summed E-state index contributed by atoms with van der Waals surface area (Å²) in [6, 6.07) is 9.27. The summed E-state index contributed by atoms with van der Waals surface area (Å²) < 4.78 is 12.5. The fourth-order valence-corrected chi connectivity index (χ4v) is 2.03. The molecule has 0 spiro atoms. The largest absolute Gasteiger partial charge is 0.444 e. The molecule has 0 aliphatic heterocycles. The molecule has 24 heavy (non-hydrogen) atoms. The number of tetrazole rings is 1. The lowest BCUT2D eigenvalue weighted by molar-refractivity contribution is 0.0418. The standard InChI is InChI=1S/C16H23N5O3/c1-16(2,3)24-15(22)17-13(14-18-19-20-21(14)4)11-23-10-12-8-6-5-7-9-12/h5-9,13H,10-11H2,1-4H3,(H,17,22)/t13-/m0/s1. The van der Waals surface area contributed by atoms with Crippen LogP contribution in [0.5, 0.6) is 0 Å². The molecule has 0 radical (unpaired) electrons. The number of aryl methyl sites for hydroxylation is 1. The van der Waals surface area contributed by atoms with Gasteiger partial charge < -0.3 is 14.8 Å². The van der Waals surface area contributed by atoms with Crippen LogP contribution in [0, 0.1) is 0 Å². The predicted molar refractivity (Wildman–Crippen MR) is 87.0 cm³/mol. The summed E-state index contributed by atoms with van der Waals surface area (Å²) in [6.45, 7) is 6.06. The van der Waals surface area contributed by atoms with Gasteiger partial charge in [0.25, 0.3) is 0 Å². The topological polar surface area (TPSA) is 91.2 Å². The van der Waals surface area contributed by atoms with E-state index in [0.29, 0.717) is 12.4 Å². The number of amides is 1. The van der Waals surface area contributed by atoms with Crippen molar-refractivity contribution in [3.8, 4) is 0 Å². The highest BCUT2D eigenvalue weighted by molar-refractivity contribution is 5.68. The molecule has 0 bridgehead atoms. The summed E-state index contributed by atoms with van der Waals surface area (Å²) in [5.41, 5.74) is 0.460. The number of hydrogen-bond acceptors (Lipinski definition) is 6. The second kappa shape index (κ2) is 7.87. The monoisotopic (exact) mass is 333 g/mol. The molecule has 2 rings (SSSR count). The Morgan fingerprint density at radius 1 is 1.29 bits per heavy atom. The van der Waals surface area contributed by atoms with Gasteiger partial charge in [-0.1, -0.05) is 30.3 Å². The Balaban J connectivity index is 1.98. The van der Waals surface area contributed by atoms with Crippen molar-refractivity contribution >= 4 is 6.09 Å².